The van der Waals surface area contributed by atoms with E-state index in [-0.39, 0.29) is 17.7 Å². The van der Waals surface area contributed by atoms with E-state index < -0.39 is 11.7 Å². The highest BCUT2D eigenvalue weighted by atomic mass is 19.4. The fraction of sp³-hybridized carbons (Fsp3) is 0.471. The Balaban J connectivity index is 1.52. The molecule has 1 saturated carbocycles. The van der Waals surface area contributed by atoms with E-state index in [1.54, 1.807) is 12.4 Å². The normalized spacial score (nSPS) is 19.7. The molecule has 1 aliphatic rings. The summed E-state index contributed by atoms with van der Waals surface area (Å²) in [6.45, 7) is 3.18. The van der Waals surface area contributed by atoms with Gasteiger partial charge < -0.3 is 9.88 Å². The Morgan fingerprint density at radius 3 is 2.92 bits per heavy atom. The maximum Gasteiger partial charge on any atom is 0.416 e. The van der Waals surface area contributed by atoms with Crippen molar-refractivity contribution >= 4 is 5.91 Å². The highest BCUT2D eigenvalue weighted by molar-refractivity contribution is 5.82. The molecule has 1 amide bonds. The molecular weight excluding hydrogens is 333 g/mol. The Hall–Kier alpha value is -2.38. The van der Waals surface area contributed by atoms with Crippen molar-refractivity contribution in [2.75, 3.05) is 6.54 Å². The number of hydrogen-bond donors (Lipinski definition) is 1. The average molecular weight is 352 g/mol. The van der Waals surface area contributed by atoms with Crippen LogP contribution in [0, 0.1) is 5.92 Å². The molecule has 2 unspecified atom stereocenters. The molecule has 0 spiro atoms. The molecule has 1 heterocycles. The van der Waals surface area contributed by atoms with E-state index in [4.69, 9.17) is 0 Å². The van der Waals surface area contributed by atoms with E-state index in [9.17, 15) is 18.0 Å². The second kappa shape index (κ2) is 6.85. The Labute approximate surface area is 143 Å². The number of aryl methyl sites for hydroxylation is 1. The fourth-order valence-electron chi connectivity index (χ4n) is 2.96. The SMILES string of the molecule is CCn1cnnc1CCNC(=O)C1CC1c1cccc(C(F)(F)F)c1. The number of benzene rings is 1. The lowest BCUT2D eigenvalue weighted by Crippen LogP contribution is -2.28. The number of aromatic nitrogens is 3. The number of carbonyl (C=O) groups is 1. The molecule has 1 aromatic heterocycles. The third-order valence-electron chi connectivity index (χ3n) is 4.45. The van der Waals surface area contributed by atoms with Gasteiger partial charge in [-0.2, -0.15) is 13.2 Å². The number of hydrogen-bond acceptors (Lipinski definition) is 3. The van der Waals surface area contributed by atoms with Crippen LogP contribution in [0.3, 0.4) is 0 Å². The topological polar surface area (TPSA) is 59.8 Å². The molecule has 0 radical (unpaired) electrons. The molecule has 2 aromatic rings. The number of nitrogens with one attached hydrogen (secondary N) is 1. The summed E-state index contributed by atoms with van der Waals surface area (Å²) in [7, 11) is 0. The Morgan fingerprint density at radius 2 is 2.20 bits per heavy atom. The van der Waals surface area contributed by atoms with Crippen LogP contribution in [0.5, 0.6) is 0 Å². The molecule has 1 fully saturated rings. The van der Waals surface area contributed by atoms with Gasteiger partial charge in [0.15, 0.2) is 0 Å². The molecule has 1 aliphatic carbocycles. The molecule has 1 aromatic carbocycles. The molecular formula is C17H19F3N4O. The first-order chi connectivity index (χ1) is 11.9. The molecule has 8 heteroatoms. The van der Waals surface area contributed by atoms with Crippen molar-refractivity contribution in [3.05, 3.63) is 47.5 Å². The summed E-state index contributed by atoms with van der Waals surface area (Å²) in [5, 5.41) is 10.7. The lowest BCUT2D eigenvalue weighted by atomic mass is 10.1. The van der Waals surface area contributed by atoms with Crippen LogP contribution in [-0.2, 0) is 23.9 Å². The predicted molar refractivity (Wildman–Crippen MR) is 84.7 cm³/mol. The first kappa shape index (κ1) is 17.4. The highest BCUT2D eigenvalue weighted by Crippen LogP contribution is 2.48. The largest absolute Gasteiger partial charge is 0.416 e. The van der Waals surface area contributed by atoms with Gasteiger partial charge in [-0.15, -0.1) is 10.2 Å². The van der Waals surface area contributed by atoms with Crippen molar-refractivity contribution in [3.63, 3.8) is 0 Å². The monoisotopic (exact) mass is 352 g/mol. The second-order valence-electron chi connectivity index (χ2n) is 6.15. The number of carbonyl (C=O) groups excluding carboxylic acids is 1. The zero-order valence-corrected chi connectivity index (χ0v) is 13.8. The molecule has 3 rings (SSSR count). The van der Waals surface area contributed by atoms with Crippen LogP contribution in [0.4, 0.5) is 13.2 Å². The molecule has 0 saturated heterocycles. The zero-order chi connectivity index (χ0) is 18.0. The van der Waals surface area contributed by atoms with Gasteiger partial charge in [0.25, 0.3) is 0 Å². The van der Waals surface area contributed by atoms with Gasteiger partial charge in [0, 0.05) is 25.4 Å². The van der Waals surface area contributed by atoms with Gasteiger partial charge in [0.1, 0.15) is 12.2 Å². The minimum atomic E-state index is -4.36. The van der Waals surface area contributed by atoms with E-state index in [0.717, 1.165) is 24.5 Å². The van der Waals surface area contributed by atoms with Gasteiger partial charge in [-0.05, 0) is 30.9 Å². The standard InChI is InChI=1S/C17H19F3N4O/c1-2-24-10-22-23-15(24)6-7-21-16(25)14-9-13(14)11-4-3-5-12(8-11)17(18,19)20/h3-5,8,10,13-14H,2,6-7,9H2,1H3,(H,21,25). The molecule has 2 atom stereocenters. The number of halogens is 3. The van der Waals surface area contributed by atoms with Crippen LogP contribution < -0.4 is 5.32 Å². The highest BCUT2D eigenvalue weighted by Gasteiger charge is 2.44. The Kier molecular flexibility index (Phi) is 4.78. The van der Waals surface area contributed by atoms with Gasteiger partial charge in [-0.25, -0.2) is 0 Å². The number of alkyl halides is 3. The van der Waals surface area contributed by atoms with Crippen LogP contribution in [-0.4, -0.2) is 27.2 Å². The van der Waals surface area contributed by atoms with E-state index in [2.05, 4.69) is 15.5 Å². The third kappa shape index (κ3) is 4.00. The summed E-state index contributed by atoms with van der Waals surface area (Å²) in [4.78, 5) is 12.2. The number of nitrogens with zero attached hydrogens (tertiary/aromatic N) is 3. The summed E-state index contributed by atoms with van der Waals surface area (Å²) in [6.07, 6.45) is -1.57. The van der Waals surface area contributed by atoms with Crippen LogP contribution in [0.25, 0.3) is 0 Å². The maximum absolute atomic E-state index is 12.8. The molecule has 134 valence electrons. The summed E-state index contributed by atoms with van der Waals surface area (Å²) < 4.78 is 40.2. The first-order valence-corrected chi connectivity index (χ1v) is 8.21. The average Bonchev–Trinajstić information content (AvgIpc) is 3.26. The van der Waals surface area contributed by atoms with E-state index >= 15 is 0 Å². The lowest BCUT2D eigenvalue weighted by molar-refractivity contribution is -0.137. The third-order valence-corrected chi connectivity index (χ3v) is 4.45. The van der Waals surface area contributed by atoms with E-state index in [0.29, 0.717) is 24.9 Å². The minimum absolute atomic E-state index is 0.120. The minimum Gasteiger partial charge on any atom is -0.355 e. The van der Waals surface area contributed by atoms with Crippen LogP contribution in [0.2, 0.25) is 0 Å². The van der Waals surface area contributed by atoms with Crippen molar-refractivity contribution in [3.8, 4) is 0 Å². The molecule has 5 nitrogen and oxygen atoms in total. The van der Waals surface area contributed by atoms with Gasteiger partial charge in [-0.3, -0.25) is 4.79 Å². The fourth-order valence-corrected chi connectivity index (χ4v) is 2.96. The molecule has 1 N–H and O–H groups in total. The van der Waals surface area contributed by atoms with Crippen LogP contribution in [0.15, 0.2) is 30.6 Å². The summed E-state index contributed by atoms with van der Waals surface area (Å²) >= 11 is 0. The van der Waals surface area contributed by atoms with Crippen molar-refractivity contribution in [2.45, 2.75) is 38.4 Å². The van der Waals surface area contributed by atoms with Gasteiger partial charge in [-0.1, -0.05) is 18.2 Å². The summed E-state index contributed by atoms with van der Waals surface area (Å²) in [5.41, 5.74) is -0.101. The predicted octanol–water partition coefficient (Wildman–Crippen LogP) is 2.78. The molecule has 0 bridgehead atoms. The zero-order valence-electron chi connectivity index (χ0n) is 13.8. The van der Waals surface area contributed by atoms with E-state index in [1.807, 2.05) is 11.5 Å². The van der Waals surface area contributed by atoms with Gasteiger partial charge >= 0.3 is 6.18 Å². The summed E-state index contributed by atoms with van der Waals surface area (Å²) in [5.74, 6) is 0.284. The van der Waals surface area contributed by atoms with Gasteiger partial charge in [0.2, 0.25) is 5.91 Å². The quantitative estimate of drug-likeness (QED) is 0.870. The number of amides is 1. The van der Waals surface area contributed by atoms with Crippen molar-refractivity contribution in [1.82, 2.24) is 20.1 Å². The van der Waals surface area contributed by atoms with Crippen molar-refractivity contribution in [1.29, 1.82) is 0 Å². The van der Waals surface area contributed by atoms with E-state index in [1.165, 1.54) is 6.07 Å². The van der Waals surface area contributed by atoms with Crippen molar-refractivity contribution < 1.29 is 18.0 Å². The maximum atomic E-state index is 12.8. The van der Waals surface area contributed by atoms with Crippen LogP contribution >= 0.6 is 0 Å². The smallest absolute Gasteiger partial charge is 0.355 e. The second-order valence-corrected chi connectivity index (χ2v) is 6.15. The molecule has 0 aliphatic heterocycles. The van der Waals surface area contributed by atoms with Gasteiger partial charge in [0.05, 0.1) is 5.56 Å². The Bertz CT molecular complexity index is 756. The number of rotatable bonds is 6. The van der Waals surface area contributed by atoms with Crippen LogP contribution in [0.1, 0.15) is 36.2 Å². The lowest BCUT2D eigenvalue weighted by Gasteiger charge is -2.09. The molecule has 25 heavy (non-hydrogen) atoms. The first-order valence-electron chi connectivity index (χ1n) is 8.21. The van der Waals surface area contributed by atoms with Crippen molar-refractivity contribution in [2.24, 2.45) is 5.92 Å². The Morgan fingerprint density at radius 1 is 1.40 bits per heavy atom. The summed E-state index contributed by atoms with van der Waals surface area (Å²) in [6, 6.07) is 5.23.